The number of hydrogen-bond donors (Lipinski definition) is 0. The van der Waals surface area contributed by atoms with E-state index < -0.39 is 0 Å². The molecule has 2 rings (SSSR count). The van der Waals surface area contributed by atoms with Gasteiger partial charge in [0.15, 0.2) is 0 Å². The van der Waals surface area contributed by atoms with Gasteiger partial charge in [0.1, 0.15) is 0 Å². The molecule has 0 aromatic heterocycles. The minimum Gasteiger partial charge on any atom is -0.378 e. The number of hydrogen-bond acceptors (Lipinski definition) is 7. The second-order valence-electron chi connectivity index (χ2n) is 6.56. The maximum absolute atomic E-state index is 12.2. The minimum atomic E-state index is -0.261. The average molecular weight is 394 g/mol. The molecule has 0 fully saturated rings. The van der Waals surface area contributed by atoms with Crippen LogP contribution in [0.2, 0.25) is 0 Å². The quantitative estimate of drug-likeness (QED) is 0.323. The van der Waals surface area contributed by atoms with Crippen LogP contribution in [-0.4, -0.2) is 102 Å². The highest BCUT2D eigenvalue weighted by Crippen LogP contribution is 2.21. The zero-order valence-corrected chi connectivity index (χ0v) is 16.7. The summed E-state index contributed by atoms with van der Waals surface area (Å²) in [5.74, 6) is -0.522. The van der Waals surface area contributed by atoms with Gasteiger partial charge in [-0.25, -0.2) is 0 Å². The molecule has 8 heteroatoms. The summed E-state index contributed by atoms with van der Waals surface area (Å²) in [6.45, 7) is 5.08. The summed E-state index contributed by atoms with van der Waals surface area (Å²) in [5.41, 5.74) is 0.915. The molecule has 2 amide bonds. The van der Waals surface area contributed by atoms with Crippen LogP contribution in [0.4, 0.5) is 0 Å². The van der Waals surface area contributed by atoms with E-state index >= 15 is 0 Å². The smallest absolute Gasteiger partial charge is 0.261 e. The fraction of sp³-hybridized carbons (Fsp3) is 0.600. The van der Waals surface area contributed by atoms with Crippen LogP contribution in [0.25, 0.3) is 0 Å². The Labute approximate surface area is 166 Å². The molecule has 156 valence electrons. The first kappa shape index (κ1) is 22.4. The third-order valence-electron chi connectivity index (χ3n) is 4.14. The summed E-state index contributed by atoms with van der Waals surface area (Å²) in [5, 5.41) is 0. The highest BCUT2D eigenvalue weighted by molar-refractivity contribution is 6.21. The lowest BCUT2D eigenvalue weighted by atomic mass is 10.1. The van der Waals surface area contributed by atoms with E-state index in [0.29, 0.717) is 57.4 Å². The van der Waals surface area contributed by atoms with E-state index in [1.807, 2.05) is 14.1 Å². The Balaban J connectivity index is 1.41. The van der Waals surface area contributed by atoms with Gasteiger partial charge in [0.25, 0.3) is 11.8 Å². The molecule has 0 N–H and O–H groups in total. The molecule has 0 radical (unpaired) electrons. The van der Waals surface area contributed by atoms with Gasteiger partial charge in [-0.15, -0.1) is 0 Å². The lowest BCUT2D eigenvalue weighted by Gasteiger charge is -2.13. The largest absolute Gasteiger partial charge is 0.378 e. The van der Waals surface area contributed by atoms with Crippen LogP contribution in [0.15, 0.2) is 24.3 Å². The second-order valence-corrected chi connectivity index (χ2v) is 6.56. The number of ether oxygens (including phenoxy) is 4. The number of likely N-dealkylation sites (N-methyl/N-ethyl adjacent to an activating group) is 1. The zero-order chi connectivity index (χ0) is 20.2. The van der Waals surface area contributed by atoms with Crippen molar-refractivity contribution in [3.63, 3.8) is 0 Å². The predicted molar refractivity (Wildman–Crippen MR) is 104 cm³/mol. The van der Waals surface area contributed by atoms with Gasteiger partial charge < -0.3 is 23.8 Å². The van der Waals surface area contributed by atoms with Crippen molar-refractivity contribution < 1.29 is 28.5 Å². The molecule has 1 aliphatic rings. The Bertz CT molecular complexity index is 587. The van der Waals surface area contributed by atoms with Gasteiger partial charge in [-0.2, -0.15) is 0 Å². The molecule has 0 aliphatic carbocycles. The van der Waals surface area contributed by atoms with Crippen LogP contribution in [-0.2, 0) is 18.9 Å². The average Bonchev–Trinajstić information content (AvgIpc) is 2.93. The van der Waals surface area contributed by atoms with Crippen LogP contribution >= 0.6 is 0 Å². The summed E-state index contributed by atoms with van der Waals surface area (Å²) in [6.07, 6.45) is 0. The predicted octanol–water partition coefficient (Wildman–Crippen LogP) is 0.911. The molecule has 8 nitrogen and oxygen atoms in total. The normalized spacial score (nSPS) is 13.6. The van der Waals surface area contributed by atoms with Crippen LogP contribution in [0.3, 0.4) is 0 Å². The first-order valence-corrected chi connectivity index (χ1v) is 9.52. The lowest BCUT2D eigenvalue weighted by Crippen LogP contribution is -2.33. The van der Waals surface area contributed by atoms with Gasteiger partial charge in [-0.3, -0.25) is 14.5 Å². The maximum atomic E-state index is 12.2. The van der Waals surface area contributed by atoms with Crippen molar-refractivity contribution in [2.75, 3.05) is 80.0 Å². The number of carbonyl (C=O) groups is 2. The Morgan fingerprint density at radius 2 is 1.14 bits per heavy atom. The fourth-order valence-corrected chi connectivity index (χ4v) is 2.61. The van der Waals surface area contributed by atoms with Gasteiger partial charge in [0.2, 0.25) is 0 Å². The molecular weight excluding hydrogens is 364 g/mol. The second kappa shape index (κ2) is 12.6. The summed E-state index contributed by atoms with van der Waals surface area (Å²) >= 11 is 0. The molecule has 0 saturated carbocycles. The Morgan fingerprint density at radius 1 is 0.714 bits per heavy atom. The van der Waals surface area contributed by atoms with E-state index in [-0.39, 0.29) is 25.0 Å². The first-order valence-electron chi connectivity index (χ1n) is 9.52. The monoisotopic (exact) mass is 394 g/mol. The molecule has 28 heavy (non-hydrogen) atoms. The number of fused-ring (bicyclic) bond motifs is 1. The van der Waals surface area contributed by atoms with Gasteiger partial charge in [0, 0.05) is 6.54 Å². The molecule has 0 saturated heterocycles. The van der Waals surface area contributed by atoms with Gasteiger partial charge in [-0.1, -0.05) is 12.1 Å². The molecular formula is C20H30N2O6. The Morgan fingerprint density at radius 3 is 1.61 bits per heavy atom. The number of benzene rings is 1. The van der Waals surface area contributed by atoms with Crippen LogP contribution < -0.4 is 0 Å². The van der Waals surface area contributed by atoms with Crippen LogP contribution in [0, 0.1) is 0 Å². The SMILES string of the molecule is CN(C)CCOCCOCCOCCOCCN1C(=O)c2ccccc2C1=O. The molecule has 0 unspecified atom stereocenters. The number of imide groups is 1. The number of carbonyl (C=O) groups excluding carboxylic acids is 2. The van der Waals surface area contributed by atoms with Crippen molar-refractivity contribution in [1.82, 2.24) is 9.80 Å². The van der Waals surface area contributed by atoms with Crippen LogP contribution in [0.1, 0.15) is 20.7 Å². The summed E-state index contributed by atoms with van der Waals surface area (Å²) in [6, 6.07) is 6.84. The third kappa shape index (κ3) is 7.29. The van der Waals surface area contributed by atoms with E-state index in [1.165, 1.54) is 4.90 Å². The van der Waals surface area contributed by atoms with Crippen molar-refractivity contribution in [2.24, 2.45) is 0 Å². The molecule has 0 spiro atoms. The Hall–Kier alpha value is -1.84. The molecule has 0 atom stereocenters. The number of amides is 2. The van der Waals surface area contributed by atoms with Crippen molar-refractivity contribution >= 4 is 11.8 Å². The third-order valence-corrected chi connectivity index (χ3v) is 4.14. The van der Waals surface area contributed by atoms with E-state index in [4.69, 9.17) is 18.9 Å². The molecule has 1 heterocycles. The summed E-state index contributed by atoms with van der Waals surface area (Å²) < 4.78 is 21.7. The standard InChI is InChI=1S/C20H30N2O6/c1-21(2)7-9-25-11-13-27-15-16-28-14-12-26-10-8-22-19(23)17-5-3-4-6-18(17)20(22)24/h3-6H,7-16H2,1-2H3. The van der Waals surface area contributed by atoms with Gasteiger partial charge >= 0.3 is 0 Å². The van der Waals surface area contributed by atoms with Gasteiger partial charge in [0.05, 0.1) is 70.5 Å². The van der Waals surface area contributed by atoms with Crippen LogP contribution in [0.5, 0.6) is 0 Å². The molecule has 1 aromatic carbocycles. The fourth-order valence-electron chi connectivity index (χ4n) is 2.61. The lowest BCUT2D eigenvalue weighted by molar-refractivity contribution is -0.00424. The zero-order valence-electron chi connectivity index (χ0n) is 16.7. The highest BCUT2D eigenvalue weighted by Gasteiger charge is 2.34. The first-order chi connectivity index (χ1) is 13.6. The summed E-state index contributed by atoms with van der Waals surface area (Å²) in [4.78, 5) is 27.7. The number of nitrogens with zero attached hydrogens (tertiary/aromatic N) is 2. The minimum absolute atomic E-state index is 0.239. The molecule has 1 aromatic rings. The van der Waals surface area contributed by atoms with Crippen molar-refractivity contribution in [1.29, 1.82) is 0 Å². The van der Waals surface area contributed by atoms with Gasteiger partial charge in [-0.05, 0) is 26.2 Å². The molecule has 0 bridgehead atoms. The number of rotatable bonds is 15. The van der Waals surface area contributed by atoms with Crippen molar-refractivity contribution in [2.45, 2.75) is 0 Å². The van der Waals surface area contributed by atoms with E-state index in [0.717, 1.165) is 6.54 Å². The van der Waals surface area contributed by atoms with E-state index in [1.54, 1.807) is 24.3 Å². The topological polar surface area (TPSA) is 77.5 Å². The Kier molecular flexibility index (Phi) is 10.1. The molecule has 1 aliphatic heterocycles. The van der Waals surface area contributed by atoms with E-state index in [9.17, 15) is 9.59 Å². The van der Waals surface area contributed by atoms with Crippen molar-refractivity contribution in [3.8, 4) is 0 Å². The summed E-state index contributed by atoms with van der Waals surface area (Å²) in [7, 11) is 4.01. The van der Waals surface area contributed by atoms with E-state index in [2.05, 4.69) is 4.90 Å². The highest BCUT2D eigenvalue weighted by atomic mass is 16.6. The maximum Gasteiger partial charge on any atom is 0.261 e. The van der Waals surface area contributed by atoms with Crippen molar-refractivity contribution in [3.05, 3.63) is 35.4 Å².